The molecule has 3 heteroatoms. The Morgan fingerprint density at radius 1 is 1.10 bits per heavy atom. The normalized spacial score (nSPS) is 10.6. The van der Waals surface area contributed by atoms with Crippen LogP contribution in [-0.4, -0.2) is 7.05 Å². The fourth-order valence-corrected chi connectivity index (χ4v) is 2.15. The molecule has 20 heavy (non-hydrogen) atoms. The molecule has 2 aromatic carbocycles. The minimum atomic E-state index is -0.223. The number of halogens is 1. The summed E-state index contributed by atoms with van der Waals surface area (Å²) >= 11 is 0. The van der Waals surface area contributed by atoms with Crippen molar-refractivity contribution in [2.24, 2.45) is 0 Å². The van der Waals surface area contributed by atoms with Gasteiger partial charge in [-0.3, -0.25) is 0 Å². The molecule has 0 fully saturated rings. The summed E-state index contributed by atoms with van der Waals surface area (Å²) in [5, 5.41) is 3.06. The van der Waals surface area contributed by atoms with E-state index in [1.807, 2.05) is 37.4 Å². The molecule has 0 unspecified atom stereocenters. The third kappa shape index (κ3) is 3.58. The average molecular weight is 273 g/mol. The molecular weight excluding hydrogens is 253 g/mol. The molecule has 0 bridgehead atoms. The van der Waals surface area contributed by atoms with E-state index < -0.39 is 0 Å². The van der Waals surface area contributed by atoms with Gasteiger partial charge in [-0.25, -0.2) is 4.39 Å². The molecule has 106 valence electrons. The molecule has 0 aliphatic rings. The zero-order valence-electron chi connectivity index (χ0n) is 11.9. The van der Waals surface area contributed by atoms with Crippen LogP contribution < -0.4 is 10.1 Å². The SMILES string of the molecule is CCc1ccccc1OCc1cc(CNC)ccc1F. The monoisotopic (exact) mass is 273 g/mol. The van der Waals surface area contributed by atoms with Gasteiger partial charge in [-0.1, -0.05) is 31.2 Å². The van der Waals surface area contributed by atoms with Crippen molar-refractivity contribution in [2.75, 3.05) is 7.05 Å². The summed E-state index contributed by atoms with van der Waals surface area (Å²) in [6.45, 7) is 3.05. The topological polar surface area (TPSA) is 21.3 Å². The Balaban J connectivity index is 2.12. The summed E-state index contributed by atoms with van der Waals surface area (Å²) in [6, 6.07) is 13.0. The maximum atomic E-state index is 13.8. The van der Waals surface area contributed by atoms with Crippen LogP contribution in [0.4, 0.5) is 4.39 Å². The van der Waals surface area contributed by atoms with Gasteiger partial charge in [0.2, 0.25) is 0 Å². The first kappa shape index (κ1) is 14.5. The van der Waals surface area contributed by atoms with Gasteiger partial charge in [0.25, 0.3) is 0 Å². The molecule has 0 aliphatic carbocycles. The van der Waals surface area contributed by atoms with Crippen LogP contribution in [0.5, 0.6) is 5.75 Å². The summed E-state index contributed by atoms with van der Waals surface area (Å²) in [5.41, 5.74) is 2.78. The molecule has 0 heterocycles. The highest BCUT2D eigenvalue weighted by molar-refractivity contribution is 5.34. The minimum absolute atomic E-state index is 0.223. The zero-order chi connectivity index (χ0) is 14.4. The third-order valence-corrected chi connectivity index (χ3v) is 3.23. The molecule has 2 nitrogen and oxygen atoms in total. The van der Waals surface area contributed by atoms with E-state index in [9.17, 15) is 4.39 Å². The molecule has 2 aromatic rings. The second-order valence-corrected chi connectivity index (χ2v) is 4.71. The number of ether oxygens (including phenoxy) is 1. The number of rotatable bonds is 6. The Kier molecular flexibility index (Phi) is 5.13. The van der Waals surface area contributed by atoms with Gasteiger partial charge in [-0.15, -0.1) is 0 Å². The summed E-state index contributed by atoms with van der Waals surface area (Å²) < 4.78 is 19.6. The predicted molar refractivity (Wildman–Crippen MR) is 79.3 cm³/mol. The van der Waals surface area contributed by atoms with Crippen molar-refractivity contribution in [3.8, 4) is 5.75 Å². The van der Waals surface area contributed by atoms with Crippen LogP contribution in [0.25, 0.3) is 0 Å². The van der Waals surface area contributed by atoms with Crippen LogP contribution in [0, 0.1) is 5.82 Å². The molecule has 0 aliphatic heterocycles. The Morgan fingerprint density at radius 2 is 1.90 bits per heavy atom. The zero-order valence-corrected chi connectivity index (χ0v) is 11.9. The molecule has 2 rings (SSSR count). The number of aryl methyl sites for hydroxylation is 1. The van der Waals surface area contributed by atoms with Crippen molar-refractivity contribution in [3.05, 3.63) is 65.0 Å². The van der Waals surface area contributed by atoms with Gasteiger partial charge in [0.1, 0.15) is 18.2 Å². The summed E-state index contributed by atoms with van der Waals surface area (Å²) in [7, 11) is 1.87. The molecule has 1 N–H and O–H groups in total. The van der Waals surface area contributed by atoms with Crippen molar-refractivity contribution >= 4 is 0 Å². The lowest BCUT2D eigenvalue weighted by molar-refractivity contribution is 0.297. The van der Waals surface area contributed by atoms with E-state index in [0.29, 0.717) is 5.56 Å². The van der Waals surface area contributed by atoms with Gasteiger partial charge < -0.3 is 10.1 Å². The first-order valence-corrected chi connectivity index (χ1v) is 6.87. The summed E-state index contributed by atoms with van der Waals surface area (Å²) in [4.78, 5) is 0. The van der Waals surface area contributed by atoms with Gasteiger partial charge >= 0.3 is 0 Å². The molecular formula is C17H20FNO. The van der Waals surface area contributed by atoms with Gasteiger partial charge in [-0.2, -0.15) is 0 Å². The second kappa shape index (κ2) is 7.06. The van der Waals surface area contributed by atoms with E-state index in [1.165, 1.54) is 6.07 Å². The van der Waals surface area contributed by atoms with Gasteiger partial charge in [0.15, 0.2) is 0 Å². The number of hydrogen-bond acceptors (Lipinski definition) is 2. The summed E-state index contributed by atoms with van der Waals surface area (Å²) in [6.07, 6.45) is 0.901. The largest absolute Gasteiger partial charge is 0.489 e. The molecule has 0 saturated carbocycles. The number of para-hydroxylation sites is 1. The van der Waals surface area contributed by atoms with E-state index in [0.717, 1.165) is 29.8 Å². The van der Waals surface area contributed by atoms with Crippen LogP contribution >= 0.6 is 0 Å². The Morgan fingerprint density at radius 3 is 2.65 bits per heavy atom. The smallest absolute Gasteiger partial charge is 0.129 e. The van der Waals surface area contributed by atoms with Gasteiger partial charge in [0.05, 0.1) is 0 Å². The van der Waals surface area contributed by atoms with Gasteiger partial charge in [-0.05, 0) is 42.8 Å². The average Bonchev–Trinajstić information content (AvgIpc) is 2.48. The Labute approximate surface area is 119 Å². The van der Waals surface area contributed by atoms with Crippen molar-refractivity contribution in [3.63, 3.8) is 0 Å². The number of hydrogen-bond donors (Lipinski definition) is 1. The quantitative estimate of drug-likeness (QED) is 0.866. The first-order valence-electron chi connectivity index (χ1n) is 6.87. The third-order valence-electron chi connectivity index (χ3n) is 3.23. The first-order chi connectivity index (χ1) is 9.74. The van der Waals surface area contributed by atoms with E-state index >= 15 is 0 Å². The van der Waals surface area contributed by atoms with Crippen LogP contribution in [0.15, 0.2) is 42.5 Å². The standard InChI is InChI=1S/C17H20FNO/c1-3-14-6-4-5-7-17(14)20-12-15-10-13(11-19-2)8-9-16(15)18/h4-10,19H,3,11-12H2,1-2H3. The van der Waals surface area contributed by atoms with Crippen molar-refractivity contribution in [1.29, 1.82) is 0 Å². The predicted octanol–water partition coefficient (Wildman–Crippen LogP) is 3.69. The molecule has 0 radical (unpaired) electrons. The van der Waals surface area contributed by atoms with Crippen molar-refractivity contribution in [1.82, 2.24) is 5.32 Å². The van der Waals surface area contributed by atoms with Crippen LogP contribution in [0.3, 0.4) is 0 Å². The highest BCUT2D eigenvalue weighted by atomic mass is 19.1. The number of benzene rings is 2. The van der Waals surface area contributed by atoms with Crippen LogP contribution in [0.1, 0.15) is 23.6 Å². The lowest BCUT2D eigenvalue weighted by atomic mass is 10.1. The fourth-order valence-electron chi connectivity index (χ4n) is 2.15. The van der Waals surface area contributed by atoms with Crippen LogP contribution in [-0.2, 0) is 19.6 Å². The highest BCUT2D eigenvalue weighted by Gasteiger charge is 2.06. The van der Waals surface area contributed by atoms with Crippen molar-refractivity contribution in [2.45, 2.75) is 26.5 Å². The van der Waals surface area contributed by atoms with Gasteiger partial charge in [0, 0.05) is 12.1 Å². The molecule has 0 amide bonds. The number of nitrogens with one attached hydrogen (secondary N) is 1. The second-order valence-electron chi connectivity index (χ2n) is 4.71. The minimum Gasteiger partial charge on any atom is -0.489 e. The van der Waals surface area contributed by atoms with Crippen LogP contribution in [0.2, 0.25) is 0 Å². The maximum Gasteiger partial charge on any atom is 0.129 e. The summed E-state index contributed by atoms with van der Waals surface area (Å²) in [5.74, 6) is 0.604. The van der Waals surface area contributed by atoms with Crippen molar-refractivity contribution < 1.29 is 9.13 Å². The lowest BCUT2D eigenvalue weighted by Crippen LogP contribution is -2.07. The van der Waals surface area contributed by atoms with E-state index in [-0.39, 0.29) is 12.4 Å². The van der Waals surface area contributed by atoms with E-state index in [2.05, 4.69) is 12.2 Å². The lowest BCUT2D eigenvalue weighted by Gasteiger charge is -2.12. The molecule has 0 saturated heterocycles. The Bertz CT molecular complexity index is 569. The maximum absolute atomic E-state index is 13.8. The molecule has 0 atom stereocenters. The molecule has 0 spiro atoms. The van der Waals surface area contributed by atoms with E-state index in [1.54, 1.807) is 6.07 Å². The molecule has 0 aromatic heterocycles. The Hall–Kier alpha value is -1.87. The fraction of sp³-hybridized carbons (Fsp3) is 0.294. The van der Waals surface area contributed by atoms with E-state index in [4.69, 9.17) is 4.74 Å². The highest BCUT2D eigenvalue weighted by Crippen LogP contribution is 2.20.